The number of halogens is 6. The van der Waals surface area contributed by atoms with Gasteiger partial charge in [-0.2, -0.15) is 0 Å². The van der Waals surface area contributed by atoms with Crippen LogP contribution in [-0.4, -0.2) is 24.7 Å². The van der Waals surface area contributed by atoms with Gasteiger partial charge in [-0.15, -0.1) is 0 Å². The summed E-state index contributed by atoms with van der Waals surface area (Å²) in [5.41, 5.74) is 0. The second kappa shape index (κ2) is 2.91. The van der Waals surface area contributed by atoms with E-state index in [2.05, 4.69) is 0 Å². The van der Waals surface area contributed by atoms with Crippen LogP contribution in [0.4, 0.5) is 26.3 Å². The molecule has 0 spiro atoms. The van der Waals surface area contributed by atoms with Crippen LogP contribution in [0.3, 0.4) is 0 Å². The maximum atomic E-state index is 11.9. The third kappa shape index (κ3) is 2.59. The van der Waals surface area contributed by atoms with Crippen LogP contribution in [0, 0.1) is 6.92 Å². The van der Waals surface area contributed by atoms with E-state index in [-0.39, 0.29) is 0 Å². The number of hydrogen-bond acceptors (Lipinski definition) is 0. The molecule has 67 valence electrons. The zero-order valence-corrected chi connectivity index (χ0v) is 5.26. The smallest absolute Gasteiger partial charge is 0.244 e. The molecule has 0 aromatic rings. The minimum Gasteiger partial charge on any atom is -0.244 e. The first kappa shape index (κ1) is 10.6. The van der Waals surface area contributed by atoms with E-state index in [1.165, 1.54) is 0 Å². The lowest BCUT2D eigenvalue weighted by molar-refractivity contribution is -0.167. The monoisotopic (exact) mass is 179 g/mol. The van der Waals surface area contributed by atoms with Crippen molar-refractivity contribution in [1.29, 1.82) is 0 Å². The molecule has 6 heteroatoms. The molecule has 0 aromatic heterocycles. The molecule has 0 aliphatic rings. The van der Waals surface area contributed by atoms with E-state index in [0.29, 0.717) is 0 Å². The summed E-state index contributed by atoms with van der Waals surface area (Å²) in [6, 6.07) is 0. The normalized spacial score (nSPS) is 16.6. The molecular formula is C5H5F6. The van der Waals surface area contributed by atoms with Gasteiger partial charge in [-0.05, 0) is 0 Å². The Morgan fingerprint density at radius 2 is 1.55 bits per heavy atom. The van der Waals surface area contributed by atoms with Gasteiger partial charge in [-0.25, -0.2) is 26.3 Å². The van der Waals surface area contributed by atoms with Crippen molar-refractivity contribution in [3.05, 3.63) is 6.92 Å². The minimum absolute atomic E-state index is 1.83. The second-order valence-electron chi connectivity index (χ2n) is 2.02. The van der Waals surface area contributed by atoms with Gasteiger partial charge >= 0.3 is 5.92 Å². The highest BCUT2D eigenvalue weighted by molar-refractivity contribution is 4.89. The molecule has 1 radical (unpaired) electrons. The molecule has 0 aliphatic heterocycles. The van der Waals surface area contributed by atoms with E-state index < -0.39 is 24.7 Å². The maximum absolute atomic E-state index is 11.9. The molecule has 0 aromatic carbocycles. The Hall–Kier alpha value is -0.420. The van der Waals surface area contributed by atoms with Gasteiger partial charge in [0.15, 0.2) is 6.67 Å². The molecule has 0 amide bonds. The standard InChI is InChI=1S/C5H5F6/c1-4(8,9)3(7)5(10,11)2-6/h3H,1-2H2. The Labute approximate surface area is 59.2 Å². The highest BCUT2D eigenvalue weighted by Gasteiger charge is 2.53. The Kier molecular flexibility index (Phi) is 2.79. The quantitative estimate of drug-likeness (QED) is 0.583. The fraction of sp³-hybridized carbons (Fsp3) is 0.800. The maximum Gasteiger partial charge on any atom is 0.312 e. The highest BCUT2D eigenvalue weighted by atomic mass is 19.3. The van der Waals surface area contributed by atoms with E-state index in [9.17, 15) is 26.3 Å². The van der Waals surface area contributed by atoms with E-state index in [4.69, 9.17) is 0 Å². The fourth-order valence-corrected chi connectivity index (χ4v) is 0.377. The molecule has 0 heterocycles. The summed E-state index contributed by atoms with van der Waals surface area (Å²) in [6.07, 6.45) is -3.88. The van der Waals surface area contributed by atoms with Crippen LogP contribution in [-0.2, 0) is 0 Å². The SMILES string of the molecule is [CH2]C(F)(F)C(F)C(F)(F)CF. The largest absolute Gasteiger partial charge is 0.312 e. The van der Waals surface area contributed by atoms with Crippen LogP contribution < -0.4 is 0 Å². The van der Waals surface area contributed by atoms with Gasteiger partial charge in [0.25, 0.3) is 5.92 Å². The predicted molar refractivity (Wildman–Crippen MR) is 26.1 cm³/mol. The van der Waals surface area contributed by atoms with Crippen molar-refractivity contribution >= 4 is 0 Å². The van der Waals surface area contributed by atoms with E-state index in [1.54, 1.807) is 0 Å². The van der Waals surface area contributed by atoms with Crippen LogP contribution in [0.5, 0.6) is 0 Å². The summed E-state index contributed by atoms with van der Waals surface area (Å²) < 4.78 is 70.0. The van der Waals surface area contributed by atoms with Crippen molar-refractivity contribution in [2.24, 2.45) is 0 Å². The van der Waals surface area contributed by atoms with Crippen LogP contribution in [0.2, 0.25) is 0 Å². The zero-order chi connectivity index (χ0) is 9.28. The van der Waals surface area contributed by atoms with Crippen molar-refractivity contribution in [2.45, 2.75) is 18.0 Å². The Balaban J connectivity index is 4.35. The van der Waals surface area contributed by atoms with Gasteiger partial charge in [-0.1, -0.05) is 0 Å². The predicted octanol–water partition coefficient (Wildman–Crippen LogP) is 2.40. The van der Waals surface area contributed by atoms with Crippen molar-refractivity contribution in [2.75, 3.05) is 6.67 Å². The lowest BCUT2D eigenvalue weighted by atomic mass is 10.1. The summed E-state index contributed by atoms with van der Waals surface area (Å²) in [5.74, 6) is -9.12. The zero-order valence-electron chi connectivity index (χ0n) is 5.26. The molecule has 0 fully saturated rings. The van der Waals surface area contributed by atoms with Crippen LogP contribution in [0.15, 0.2) is 0 Å². The topological polar surface area (TPSA) is 0 Å². The molecule has 0 saturated heterocycles. The Bertz CT molecular complexity index is 125. The van der Waals surface area contributed by atoms with Crippen molar-refractivity contribution < 1.29 is 26.3 Å². The van der Waals surface area contributed by atoms with Gasteiger partial charge < -0.3 is 0 Å². The molecule has 11 heavy (non-hydrogen) atoms. The average molecular weight is 179 g/mol. The van der Waals surface area contributed by atoms with Crippen LogP contribution in [0.25, 0.3) is 0 Å². The van der Waals surface area contributed by atoms with Gasteiger partial charge in [0.1, 0.15) is 0 Å². The average Bonchev–Trinajstić information content (AvgIpc) is 1.84. The van der Waals surface area contributed by atoms with Crippen LogP contribution in [0.1, 0.15) is 0 Å². The van der Waals surface area contributed by atoms with Gasteiger partial charge in [-0.3, -0.25) is 0 Å². The molecule has 0 bridgehead atoms. The molecule has 1 unspecified atom stereocenters. The molecule has 0 nitrogen and oxygen atoms in total. The van der Waals surface area contributed by atoms with Crippen LogP contribution >= 0.6 is 0 Å². The van der Waals surface area contributed by atoms with E-state index in [1.807, 2.05) is 6.92 Å². The first-order chi connectivity index (χ1) is 4.72. The summed E-state index contributed by atoms with van der Waals surface area (Å²) >= 11 is 0. The molecule has 0 aliphatic carbocycles. The summed E-state index contributed by atoms with van der Waals surface area (Å²) in [4.78, 5) is 0. The lowest BCUT2D eigenvalue weighted by Gasteiger charge is -2.22. The Morgan fingerprint density at radius 1 is 1.18 bits per heavy atom. The van der Waals surface area contributed by atoms with Gasteiger partial charge in [0.2, 0.25) is 6.17 Å². The first-order valence-electron chi connectivity index (χ1n) is 2.53. The van der Waals surface area contributed by atoms with Gasteiger partial charge in [0, 0.05) is 6.92 Å². The first-order valence-corrected chi connectivity index (χ1v) is 2.53. The lowest BCUT2D eigenvalue weighted by Crippen LogP contribution is -2.44. The number of rotatable bonds is 3. The van der Waals surface area contributed by atoms with Crippen molar-refractivity contribution in [3.63, 3.8) is 0 Å². The van der Waals surface area contributed by atoms with E-state index in [0.717, 1.165) is 0 Å². The fourth-order valence-electron chi connectivity index (χ4n) is 0.377. The molecule has 0 rings (SSSR count). The summed E-state index contributed by atoms with van der Waals surface area (Å²) in [5, 5.41) is 0. The molecular weight excluding hydrogens is 174 g/mol. The number of hydrogen-bond donors (Lipinski definition) is 0. The summed E-state index contributed by atoms with van der Waals surface area (Å²) in [6.45, 7) is -0.629. The minimum atomic E-state index is -4.66. The molecule has 1 atom stereocenters. The second-order valence-corrected chi connectivity index (χ2v) is 2.02. The third-order valence-corrected chi connectivity index (χ3v) is 0.920. The summed E-state index contributed by atoms with van der Waals surface area (Å²) in [7, 11) is 0. The van der Waals surface area contributed by atoms with Crippen molar-refractivity contribution in [1.82, 2.24) is 0 Å². The molecule has 0 saturated carbocycles. The molecule has 0 N–H and O–H groups in total. The Morgan fingerprint density at radius 3 is 1.64 bits per heavy atom. The van der Waals surface area contributed by atoms with Gasteiger partial charge in [0.05, 0.1) is 0 Å². The van der Waals surface area contributed by atoms with E-state index >= 15 is 0 Å². The van der Waals surface area contributed by atoms with Crippen molar-refractivity contribution in [3.8, 4) is 0 Å². The highest BCUT2D eigenvalue weighted by Crippen LogP contribution is 2.33. The number of alkyl halides is 6. The third-order valence-electron chi connectivity index (χ3n) is 0.920.